The van der Waals surface area contributed by atoms with Crippen molar-refractivity contribution < 1.29 is 4.79 Å². The van der Waals surface area contributed by atoms with Crippen molar-refractivity contribution in [2.45, 2.75) is 26.8 Å². The third-order valence-corrected chi connectivity index (χ3v) is 6.39. The highest BCUT2D eigenvalue weighted by Crippen LogP contribution is 2.22. The van der Waals surface area contributed by atoms with Crippen molar-refractivity contribution >= 4 is 23.2 Å². The van der Waals surface area contributed by atoms with Gasteiger partial charge in [-0.3, -0.25) is 9.48 Å². The summed E-state index contributed by atoms with van der Waals surface area (Å²) >= 11 is 6.32. The van der Waals surface area contributed by atoms with E-state index in [9.17, 15) is 4.79 Å². The zero-order valence-electron chi connectivity index (χ0n) is 18.4. The van der Waals surface area contributed by atoms with Gasteiger partial charge in [0.25, 0.3) is 5.91 Å². The lowest BCUT2D eigenvalue weighted by Gasteiger charge is -2.24. The molecule has 1 aliphatic rings. The summed E-state index contributed by atoms with van der Waals surface area (Å²) in [6.07, 6.45) is 0.887. The number of hydrogen-bond acceptors (Lipinski definition) is 4. The van der Waals surface area contributed by atoms with Crippen LogP contribution in [0.15, 0.2) is 48.5 Å². The molecule has 3 aromatic rings. The van der Waals surface area contributed by atoms with E-state index in [2.05, 4.69) is 16.1 Å². The summed E-state index contributed by atoms with van der Waals surface area (Å²) in [7, 11) is 0. The Balaban J connectivity index is 1.49. The van der Waals surface area contributed by atoms with Crippen LogP contribution in [0.25, 0.3) is 0 Å². The quantitative estimate of drug-likeness (QED) is 0.593. The minimum Gasteiger partial charge on any atom is -0.370 e. The lowest BCUT2D eigenvalue weighted by Crippen LogP contribution is -2.35. The highest BCUT2D eigenvalue weighted by Gasteiger charge is 2.26. The number of halogens is 1. The van der Waals surface area contributed by atoms with Gasteiger partial charge in [-0.05, 0) is 56.2 Å². The topological polar surface area (TPSA) is 65.2 Å². The van der Waals surface area contributed by atoms with Crippen LogP contribution in [0, 0.1) is 25.2 Å². The summed E-state index contributed by atoms with van der Waals surface area (Å²) in [5.74, 6) is 0.0343. The molecule has 0 saturated carbocycles. The zero-order chi connectivity index (χ0) is 22.7. The van der Waals surface area contributed by atoms with Crippen LogP contribution in [0.4, 0.5) is 5.69 Å². The number of aromatic nitrogens is 2. The Morgan fingerprint density at radius 3 is 2.53 bits per heavy atom. The second-order valence-corrected chi connectivity index (χ2v) is 8.49. The number of benzene rings is 2. The zero-order valence-corrected chi connectivity index (χ0v) is 19.1. The van der Waals surface area contributed by atoms with Crippen LogP contribution in [-0.2, 0) is 6.54 Å². The fraction of sp³-hybridized carbons (Fsp3) is 0.320. The Morgan fingerprint density at radius 2 is 1.81 bits per heavy atom. The number of nitrogens with zero attached hydrogens (tertiary/aromatic N) is 5. The monoisotopic (exact) mass is 447 g/mol. The molecule has 2 aromatic carbocycles. The average Bonchev–Trinajstić information content (AvgIpc) is 2.97. The molecule has 32 heavy (non-hydrogen) atoms. The van der Waals surface area contributed by atoms with Gasteiger partial charge in [-0.15, -0.1) is 0 Å². The van der Waals surface area contributed by atoms with Crippen molar-refractivity contribution in [3.8, 4) is 6.07 Å². The lowest BCUT2D eigenvalue weighted by atomic mass is 10.1. The molecule has 0 spiro atoms. The Morgan fingerprint density at radius 1 is 1.06 bits per heavy atom. The molecule has 6 nitrogen and oxygen atoms in total. The number of carbonyl (C=O) groups excluding carboxylic acids is 1. The van der Waals surface area contributed by atoms with E-state index in [1.165, 1.54) is 0 Å². The van der Waals surface area contributed by atoms with Gasteiger partial charge in [-0.25, -0.2) is 0 Å². The molecule has 164 valence electrons. The number of nitriles is 1. The molecule has 7 heteroatoms. The van der Waals surface area contributed by atoms with E-state index in [0.717, 1.165) is 42.1 Å². The molecule has 4 rings (SSSR count). The second-order valence-electron chi connectivity index (χ2n) is 8.09. The SMILES string of the molecule is Cc1nn(Cc2ccccc2Cl)c(C)c1C(=O)N1CCCN(c2ccc(C#N)cc2)CC1. The van der Waals surface area contributed by atoms with Crippen molar-refractivity contribution in [2.75, 3.05) is 31.1 Å². The maximum absolute atomic E-state index is 13.4. The van der Waals surface area contributed by atoms with Gasteiger partial charge in [0.2, 0.25) is 0 Å². The molecular formula is C25H26ClN5O. The van der Waals surface area contributed by atoms with Crippen LogP contribution in [0.1, 0.15) is 39.3 Å². The van der Waals surface area contributed by atoms with Crippen LogP contribution in [0.5, 0.6) is 0 Å². The van der Waals surface area contributed by atoms with E-state index >= 15 is 0 Å². The summed E-state index contributed by atoms with van der Waals surface area (Å²) in [5, 5.41) is 14.3. The van der Waals surface area contributed by atoms with Crippen LogP contribution in [-0.4, -0.2) is 46.8 Å². The first-order chi connectivity index (χ1) is 15.5. The van der Waals surface area contributed by atoms with Gasteiger partial charge >= 0.3 is 0 Å². The van der Waals surface area contributed by atoms with Gasteiger partial charge in [-0.2, -0.15) is 10.4 Å². The van der Waals surface area contributed by atoms with Crippen LogP contribution >= 0.6 is 11.6 Å². The van der Waals surface area contributed by atoms with E-state index in [1.54, 1.807) is 0 Å². The van der Waals surface area contributed by atoms with Crippen molar-refractivity contribution in [2.24, 2.45) is 0 Å². The molecule has 0 atom stereocenters. The number of carbonyl (C=O) groups is 1. The third-order valence-electron chi connectivity index (χ3n) is 6.02. The minimum atomic E-state index is 0.0343. The maximum atomic E-state index is 13.4. The molecule has 1 amide bonds. The van der Waals surface area contributed by atoms with Crippen molar-refractivity contribution in [1.29, 1.82) is 5.26 Å². The highest BCUT2D eigenvalue weighted by atomic mass is 35.5. The Hall–Kier alpha value is -3.30. The molecule has 0 bridgehead atoms. The van der Waals surface area contributed by atoms with E-state index in [4.69, 9.17) is 16.9 Å². The molecular weight excluding hydrogens is 422 g/mol. The molecule has 1 aliphatic heterocycles. The fourth-order valence-corrected chi connectivity index (χ4v) is 4.43. The summed E-state index contributed by atoms with van der Waals surface area (Å²) in [6, 6.07) is 17.5. The van der Waals surface area contributed by atoms with Crippen molar-refractivity contribution in [3.05, 3.63) is 81.6 Å². The molecule has 1 fully saturated rings. The van der Waals surface area contributed by atoms with E-state index < -0.39 is 0 Å². The predicted octanol–water partition coefficient (Wildman–Crippen LogP) is 4.43. The van der Waals surface area contributed by atoms with Crippen LogP contribution < -0.4 is 4.90 Å². The predicted molar refractivity (Wildman–Crippen MR) is 126 cm³/mol. The number of hydrogen-bond donors (Lipinski definition) is 0. The molecule has 1 aromatic heterocycles. The van der Waals surface area contributed by atoms with Crippen LogP contribution in [0.3, 0.4) is 0 Å². The number of amides is 1. The first-order valence-electron chi connectivity index (χ1n) is 10.8. The lowest BCUT2D eigenvalue weighted by molar-refractivity contribution is 0.0765. The molecule has 2 heterocycles. The van der Waals surface area contributed by atoms with Gasteiger partial charge in [0, 0.05) is 42.6 Å². The molecule has 1 saturated heterocycles. The fourth-order valence-electron chi connectivity index (χ4n) is 4.23. The standard InChI is InChI=1S/C25H26ClN5O/c1-18-24(19(2)31(28-18)17-21-6-3-4-7-23(21)26)25(32)30-13-5-12-29(14-15-30)22-10-8-20(16-27)9-11-22/h3-4,6-11H,5,12-15,17H2,1-2H3. The van der Waals surface area contributed by atoms with Crippen LogP contribution in [0.2, 0.25) is 5.02 Å². The largest absolute Gasteiger partial charge is 0.370 e. The first kappa shape index (κ1) is 21.9. The van der Waals surface area contributed by atoms with E-state index in [0.29, 0.717) is 35.8 Å². The number of anilines is 1. The summed E-state index contributed by atoms with van der Waals surface area (Å²) in [4.78, 5) is 17.6. The van der Waals surface area contributed by atoms with Gasteiger partial charge < -0.3 is 9.80 Å². The highest BCUT2D eigenvalue weighted by molar-refractivity contribution is 6.31. The summed E-state index contributed by atoms with van der Waals surface area (Å²) in [5.41, 5.74) is 5.00. The molecule has 0 aliphatic carbocycles. The Bertz CT molecular complexity index is 1160. The normalized spacial score (nSPS) is 14.2. The minimum absolute atomic E-state index is 0.0343. The van der Waals surface area contributed by atoms with Gasteiger partial charge in [-0.1, -0.05) is 29.8 Å². The van der Waals surface area contributed by atoms with Gasteiger partial charge in [0.05, 0.1) is 29.4 Å². The van der Waals surface area contributed by atoms with Crippen molar-refractivity contribution in [3.63, 3.8) is 0 Å². The summed E-state index contributed by atoms with van der Waals surface area (Å²) in [6.45, 7) is 7.36. The summed E-state index contributed by atoms with van der Waals surface area (Å²) < 4.78 is 1.87. The Kier molecular flexibility index (Phi) is 6.48. The van der Waals surface area contributed by atoms with E-state index in [-0.39, 0.29) is 5.91 Å². The smallest absolute Gasteiger partial charge is 0.257 e. The third kappa shape index (κ3) is 4.49. The molecule has 0 unspecified atom stereocenters. The number of aryl methyl sites for hydroxylation is 1. The Labute approximate surface area is 193 Å². The maximum Gasteiger partial charge on any atom is 0.257 e. The number of rotatable bonds is 4. The first-order valence-corrected chi connectivity index (χ1v) is 11.2. The molecule has 0 radical (unpaired) electrons. The molecule has 0 N–H and O–H groups in total. The second kappa shape index (κ2) is 9.46. The van der Waals surface area contributed by atoms with Gasteiger partial charge in [0.1, 0.15) is 0 Å². The van der Waals surface area contributed by atoms with Gasteiger partial charge in [0.15, 0.2) is 0 Å². The average molecular weight is 448 g/mol. The van der Waals surface area contributed by atoms with Crippen molar-refractivity contribution in [1.82, 2.24) is 14.7 Å². The van der Waals surface area contributed by atoms with E-state index in [1.807, 2.05) is 72.0 Å².